The summed E-state index contributed by atoms with van der Waals surface area (Å²) in [6, 6.07) is 6.23. The Morgan fingerprint density at radius 2 is 1.88 bits per heavy atom. The summed E-state index contributed by atoms with van der Waals surface area (Å²) in [7, 11) is 0. The minimum atomic E-state index is 0.303. The van der Waals surface area contributed by atoms with Crippen molar-refractivity contribution in [1.29, 1.82) is 0 Å². The van der Waals surface area contributed by atoms with E-state index in [2.05, 4.69) is 32.9 Å². The highest BCUT2D eigenvalue weighted by molar-refractivity contribution is 5.99. The van der Waals surface area contributed by atoms with Gasteiger partial charge in [-0.25, -0.2) is 0 Å². The standard InChI is InChI=1S/C15H20O/c1-4-11-6-7-13(9-12(11)5-2)15(16)14-8-10(14)3/h6-7,9-10,14H,4-5,8H2,1-3H3. The zero-order chi connectivity index (χ0) is 11.7. The Morgan fingerprint density at radius 3 is 2.38 bits per heavy atom. The molecule has 0 heterocycles. The molecule has 1 saturated carbocycles. The number of rotatable bonds is 4. The molecule has 0 aromatic heterocycles. The molecular weight excluding hydrogens is 196 g/mol. The van der Waals surface area contributed by atoms with Gasteiger partial charge in [-0.1, -0.05) is 32.9 Å². The van der Waals surface area contributed by atoms with Gasteiger partial charge < -0.3 is 0 Å². The molecule has 1 aromatic rings. The van der Waals surface area contributed by atoms with E-state index in [4.69, 9.17) is 0 Å². The number of Topliss-reactive ketones (excluding diaryl/α,β-unsaturated/α-hetero) is 1. The number of ketones is 1. The summed E-state index contributed by atoms with van der Waals surface area (Å²) in [4.78, 5) is 12.1. The predicted molar refractivity (Wildman–Crippen MR) is 66.8 cm³/mol. The van der Waals surface area contributed by atoms with Crippen LogP contribution in [-0.4, -0.2) is 5.78 Å². The van der Waals surface area contributed by atoms with Gasteiger partial charge in [0.05, 0.1) is 0 Å². The third-order valence-electron chi connectivity index (χ3n) is 3.70. The summed E-state index contributed by atoms with van der Waals surface area (Å²) in [5, 5.41) is 0. The fourth-order valence-electron chi connectivity index (χ4n) is 2.35. The number of carbonyl (C=O) groups excluding carboxylic acids is 1. The fraction of sp³-hybridized carbons (Fsp3) is 0.533. The lowest BCUT2D eigenvalue weighted by Crippen LogP contribution is -2.04. The fourth-order valence-corrected chi connectivity index (χ4v) is 2.35. The summed E-state index contributed by atoms with van der Waals surface area (Å²) >= 11 is 0. The molecule has 1 fully saturated rings. The van der Waals surface area contributed by atoms with Crippen LogP contribution >= 0.6 is 0 Å². The zero-order valence-electron chi connectivity index (χ0n) is 10.4. The monoisotopic (exact) mass is 216 g/mol. The van der Waals surface area contributed by atoms with Gasteiger partial charge in [-0.05, 0) is 42.4 Å². The predicted octanol–water partition coefficient (Wildman–Crippen LogP) is 3.65. The van der Waals surface area contributed by atoms with Crippen molar-refractivity contribution in [3.8, 4) is 0 Å². The highest BCUT2D eigenvalue weighted by atomic mass is 16.1. The summed E-state index contributed by atoms with van der Waals surface area (Å²) in [6.45, 7) is 6.48. The minimum Gasteiger partial charge on any atom is -0.294 e. The first-order valence-electron chi connectivity index (χ1n) is 6.33. The smallest absolute Gasteiger partial charge is 0.166 e. The van der Waals surface area contributed by atoms with Crippen molar-refractivity contribution in [2.24, 2.45) is 11.8 Å². The van der Waals surface area contributed by atoms with Crippen LogP contribution in [0.2, 0.25) is 0 Å². The van der Waals surface area contributed by atoms with Gasteiger partial charge >= 0.3 is 0 Å². The largest absolute Gasteiger partial charge is 0.294 e. The van der Waals surface area contributed by atoms with Gasteiger partial charge in [-0.2, -0.15) is 0 Å². The van der Waals surface area contributed by atoms with E-state index < -0.39 is 0 Å². The average Bonchev–Trinajstić information content (AvgIpc) is 3.04. The van der Waals surface area contributed by atoms with Crippen molar-refractivity contribution < 1.29 is 4.79 Å². The molecule has 1 aliphatic rings. The maximum Gasteiger partial charge on any atom is 0.166 e. The first-order valence-corrected chi connectivity index (χ1v) is 6.33. The molecule has 0 spiro atoms. The number of hydrogen-bond donors (Lipinski definition) is 0. The van der Waals surface area contributed by atoms with Crippen LogP contribution in [0.5, 0.6) is 0 Å². The van der Waals surface area contributed by atoms with E-state index in [9.17, 15) is 4.79 Å². The molecule has 2 unspecified atom stereocenters. The van der Waals surface area contributed by atoms with Crippen LogP contribution in [0.3, 0.4) is 0 Å². The molecular formula is C15H20O. The highest BCUT2D eigenvalue weighted by Gasteiger charge is 2.39. The number of hydrogen-bond acceptors (Lipinski definition) is 1. The van der Waals surface area contributed by atoms with Gasteiger partial charge in [0.25, 0.3) is 0 Å². The molecule has 1 aliphatic carbocycles. The van der Waals surface area contributed by atoms with E-state index in [1.807, 2.05) is 6.07 Å². The average molecular weight is 216 g/mol. The second-order valence-corrected chi connectivity index (χ2v) is 4.87. The van der Waals surface area contributed by atoms with E-state index in [0.717, 1.165) is 24.8 Å². The first kappa shape index (κ1) is 11.4. The lowest BCUT2D eigenvalue weighted by Gasteiger charge is -2.08. The van der Waals surface area contributed by atoms with Gasteiger partial charge in [0.15, 0.2) is 5.78 Å². The zero-order valence-corrected chi connectivity index (χ0v) is 10.4. The number of carbonyl (C=O) groups is 1. The Labute approximate surface area is 97.9 Å². The summed E-state index contributed by atoms with van der Waals surface area (Å²) < 4.78 is 0. The van der Waals surface area contributed by atoms with Gasteiger partial charge in [-0.3, -0.25) is 4.79 Å². The van der Waals surface area contributed by atoms with Crippen LogP contribution in [0.4, 0.5) is 0 Å². The van der Waals surface area contributed by atoms with E-state index in [1.54, 1.807) is 0 Å². The maximum absolute atomic E-state index is 12.1. The van der Waals surface area contributed by atoms with Crippen molar-refractivity contribution in [3.63, 3.8) is 0 Å². The molecule has 1 nitrogen and oxygen atoms in total. The molecule has 0 aliphatic heterocycles. The first-order chi connectivity index (χ1) is 7.67. The molecule has 1 aromatic carbocycles. The topological polar surface area (TPSA) is 17.1 Å². The van der Waals surface area contributed by atoms with Crippen molar-refractivity contribution in [2.45, 2.75) is 40.0 Å². The molecule has 2 rings (SSSR count). The SMILES string of the molecule is CCc1ccc(C(=O)C2CC2C)cc1CC. The van der Waals surface area contributed by atoms with Crippen LogP contribution in [0.1, 0.15) is 48.7 Å². The van der Waals surface area contributed by atoms with Gasteiger partial charge in [0.1, 0.15) is 0 Å². The lowest BCUT2D eigenvalue weighted by molar-refractivity contribution is 0.0962. The van der Waals surface area contributed by atoms with Crippen LogP contribution in [-0.2, 0) is 12.8 Å². The molecule has 16 heavy (non-hydrogen) atoms. The highest BCUT2D eigenvalue weighted by Crippen LogP contribution is 2.40. The van der Waals surface area contributed by atoms with Crippen molar-refractivity contribution >= 4 is 5.78 Å². The molecule has 0 bridgehead atoms. The molecule has 0 radical (unpaired) electrons. The van der Waals surface area contributed by atoms with E-state index in [0.29, 0.717) is 17.6 Å². The van der Waals surface area contributed by atoms with Crippen molar-refractivity contribution in [3.05, 3.63) is 34.9 Å². The summed E-state index contributed by atoms with van der Waals surface area (Å²) in [5.74, 6) is 1.26. The summed E-state index contributed by atoms with van der Waals surface area (Å²) in [6.07, 6.45) is 3.15. The van der Waals surface area contributed by atoms with E-state index in [-0.39, 0.29) is 0 Å². The lowest BCUT2D eigenvalue weighted by atomic mass is 9.97. The Hall–Kier alpha value is -1.11. The Balaban J connectivity index is 2.25. The van der Waals surface area contributed by atoms with Gasteiger partial charge in [-0.15, -0.1) is 0 Å². The van der Waals surface area contributed by atoms with Crippen LogP contribution in [0.25, 0.3) is 0 Å². The number of aryl methyl sites for hydroxylation is 2. The van der Waals surface area contributed by atoms with Crippen LogP contribution < -0.4 is 0 Å². The molecule has 1 heteroatoms. The Bertz CT molecular complexity index is 406. The van der Waals surface area contributed by atoms with E-state index >= 15 is 0 Å². The van der Waals surface area contributed by atoms with Crippen molar-refractivity contribution in [1.82, 2.24) is 0 Å². The molecule has 0 amide bonds. The third-order valence-corrected chi connectivity index (χ3v) is 3.70. The molecule has 86 valence electrons. The Kier molecular flexibility index (Phi) is 3.13. The van der Waals surface area contributed by atoms with Crippen LogP contribution in [0, 0.1) is 11.8 Å². The minimum absolute atomic E-state index is 0.303. The van der Waals surface area contributed by atoms with Crippen LogP contribution in [0.15, 0.2) is 18.2 Å². The molecule has 2 atom stereocenters. The quantitative estimate of drug-likeness (QED) is 0.702. The Morgan fingerprint density at radius 1 is 1.25 bits per heavy atom. The third kappa shape index (κ3) is 2.04. The van der Waals surface area contributed by atoms with Gasteiger partial charge in [0, 0.05) is 11.5 Å². The second kappa shape index (κ2) is 4.40. The van der Waals surface area contributed by atoms with Crippen molar-refractivity contribution in [2.75, 3.05) is 0 Å². The maximum atomic E-state index is 12.1. The molecule has 0 N–H and O–H groups in total. The van der Waals surface area contributed by atoms with E-state index in [1.165, 1.54) is 11.1 Å². The normalized spacial score (nSPS) is 23.2. The number of benzene rings is 1. The second-order valence-electron chi connectivity index (χ2n) is 4.87. The summed E-state index contributed by atoms with van der Waals surface area (Å²) in [5.41, 5.74) is 3.63. The molecule has 0 saturated heterocycles. The van der Waals surface area contributed by atoms with Gasteiger partial charge in [0.2, 0.25) is 0 Å².